The SMILES string of the molecule is Cc1nn(C)c(=O)c2c1cnn2C(C)(C)C. The Hall–Kier alpha value is -1.65. The summed E-state index contributed by atoms with van der Waals surface area (Å²) >= 11 is 0. The Balaban J connectivity index is 2.97. The lowest BCUT2D eigenvalue weighted by Crippen LogP contribution is -2.29. The minimum Gasteiger partial charge on any atom is -0.265 e. The van der Waals surface area contributed by atoms with Crippen molar-refractivity contribution in [3.63, 3.8) is 0 Å². The zero-order valence-electron chi connectivity index (χ0n) is 10.3. The molecule has 2 heterocycles. The number of aryl methyl sites for hydroxylation is 2. The van der Waals surface area contributed by atoms with Gasteiger partial charge < -0.3 is 0 Å². The predicted molar refractivity (Wildman–Crippen MR) is 62.5 cm³/mol. The van der Waals surface area contributed by atoms with E-state index in [9.17, 15) is 4.79 Å². The molecule has 0 aromatic carbocycles. The quantitative estimate of drug-likeness (QED) is 0.670. The van der Waals surface area contributed by atoms with Gasteiger partial charge in [0.1, 0.15) is 5.52 Å². The fourth-order valence-electron chi connectivity index (χ4n) is 1.81. The Morgan fingerprint density at radius 3 is 2.50 bits per heavy atom. The third-order valence-electron chi connectivity index (χ3n) is 2.59. The van der Waals surface area contributed by atoms with E-state index in [0.29, 0.717) is 5.52 Å². The van der Waals surface area contributed by atoms with Crippen LogP contribution in [-0.2, 0) is 12.6 Å². The maximum absolute atomic E-state index is 12.0. The molecule has 5 nitrogen and oxygen atoms in total. The van der Waals surface area contributed by atoms with Gasteiger partial charge in [-0.1, -0.05) is 0 Å². The van der Waals surface area contributed by atoms with Crippen molar-refractivity contribution in [3.8, 4) is 0 Å². The van der Waals surface area contributed by atoms with E-state index in [-0.39, 0.29) is 11.1 Å². The highest BCUT2D eigenvalue weighted by Gasteiger charge is 2.20. The van der Waals surface area contributed by atoms with Gasteiger partial charge in [-0.25, -0.2) is 4.68 Å². The summed E-state index contributed by atoms with van der Waals surface area (Å²) in [5.41, 5.74) is 1.14. The van der Waals surface area contributed by atoms with Crippen LogP contribution in [0.1, 0.15) is 26.5 Å². The molecule has 2 aromatic rings. The van der Waals surface area contributed by atoms with E-state index in [1.807, 2.05) is 27.7 Å². The van der Waals surface area contributed by atoms with E-state index >= 15 is 0 Å². The van der Waals surface area contributed by atoms with Gasteiger partial charge in [-0.3, -0.25) is 9.48 Å². The van der Waals surface area contributed by atoms with Crippen LogP contribution in [0.3, 0.4) is 0 Å². The largest absolute Gasteiger partial charge is 0.292 e. The second kappa shape index (κ2) is 3.17. The predicted octanol–water partition coefficient (Wildman–Crippen LogP) is 1.19. The van der Waals surface area contributed by atoms with Crippen LogP contribution in [0.4, 0.5) is 0 Å². The third-order valence-corrected chi connectivity index (χ3v) is 2.59. The molecule has 0 fully saturated rings. The average molecular weight is 220 g/mol. The Morgan fingerprint density at radius 1 is 1.31 bits per heavy atom. The van der Waals surface area contributed by atoms with E-state index in [4.69, 9.17) is 0 Å². The molecule has 0 amide bonds. The molecule has 0 unspecified atom stereocenters. The minimum atomic E-state index is -0.207. The summed E-state index contributed by atoms with van der Waals surface area (Å²) in [4.78, 5) is 12.0. The molecule has 0 aliphatic carbocycles. The Kier molecular flexibility index (Phi) is 2.15. The second-order valence-corrected chi connectivity index (χ2v) is 5.00. The van der Waals surface area contributed by atoms with Crippen LogP contribution in [-0.4, -0.2) is 19.6 Å². The summed E-state index contributed by atoms with van der Waals surface area (Å²) in [5.74, 6) is 0. The van der Waals surface area contributed by atoms with Gasteiger partial charge in [0.2, 0.25) is 0 Å². The number of fused-ring (bicyclic) bond motifs is 1. The molecule has 0 N–H and O–H groups in total. The van der Waals surface area contributed by atoms with Gasteiger partial charge in [-0.15, -0.1) is 0 Å². The molecule has 0 bridgehead atoms. The summed E-state index contributed by atoms with van der Waals surface area (Å²) in [6, 6.07) is 0. The normalized spacial score (nSPS) is 12.3. The molecule has 2 aromatic heterocycles. The van der Waals surface area contributed by atoms with Gasteiger partial charge in [0, 0.05) is 12.4 Å². The van der Waals surface area contributed by atoms with E-state index in [1.165, 1.54) is 4.68 Å². The van der Waals surface area contributed by atoms with Crippen LogP contribution in [0.15, 0.2) is 11.0 Å². The fourth-order valence-corrected chi connectivity index (χ4v) is 1.81. The highest BCUT2D eigenvalue weighted by Crippen LogP contribution is 2.19. The molecular formula is C11H16N4O. The molecule has 0 atom stereocenters. The molecule has 86 valence electrons. The van der Waals surface area contributed by atoms with Crippen LogP contribution < -0.4 is 5.56 Å². The first kappa shape index (κ1) is 10.9. The molecule has 0 radical (unpaired) electrons. The van der Waals surface area contributed by atoms with Gasteiger partial charge in [0.05, 0.1) is 17.4 Å². The van der Waals surface area contributed by atoms with Crippen LogP contribution >= 0.6 is 0 Å². The number of nitrogens with zero attached hydrogens (tertiary/aromatic N) is 4. The summed E-state index contributed by atoms with van der Waals surface area (Å²) in [6.07, 6.45) is 1.71. The molecule has 0 spiro atoms. The summed E-state index contributed by atoms with van der Waals surface area (Å²) in [6.45, 7) is 7.95. The van der Waals surface area contributed by atoms with Crippen molar-refractivity contribution in [2.75, 3.05) is 0 Å². The molecule has 0 aliphatic rings. The summed E-state index contributed by atoms with van der Waals surface area (Å²) < 4.78 is 3.13. The molecular weight excluding hydrogens is 204 g/mol. The van der Waals surface area contributed by atoms with Gasteiger partial charge in [0.25, 0.3) is 5.56 Å². The first-order valence-electron chi connectivity index (χ1n) is 5.24. The van der Waals surface area contributed by atoms with Crippen LogP contribution in [0.2, 0.25) is 0 Å². The molecule has 0 saturated carbocycles. The summed E-state index contributed by atoms with van der Waals surface area (Å²) in [5, 5.41) is 9.27. The van der Waals surface area contributed by atoms with Gasteiger partial charge >= 0.3 is 0 Å². The molecule has 5 heteroatoms. The van der Waals surface area contributed by atoms with E-state index in [1.54, 1.807) is 17.9 Å². The maximum atomic E-state index is 12.0. The maximum Gasteiger partial charge on any atom is 0.292 e. The van der Waals surface area contributed by atoms with E-state index in [0.717, 1.165) is 11.1 Å². The van der Waals surface area contributed by atoms with Crippen molar-refractivity contribution in [1.82, 2.24) is 19.6 Å². The number of rotatable bonds is 0. The van der Waals surface area contributed by atoms with Crippen molar-refractivity contribution in [3.05, 3.63) is 22.2 Å². The smallest absolute Gasteiger partial charge is 0.265 e. The van der Waals surface area contributed by atoms with Crippen molar-refractivity contribution >= 4 is 10.9 Å². The first-order chi connectivity index (χ1) is 7.32. The van der Waals surface area contributed by atoms with E-state index < -0.39 is 0 Å². The number of aromatic nitrogens is 4. The van der Waals surface area contributed by atoms with Crippen LogP contribution in [0, 0.1) is 6.92 Å². The molecule has 0 saturated heterocycles. The average Bonchev–Trinajstić information content (AvgIpc) is 2.58. The van der Waals surface area contributed by atoms with Gasteiger partial charge in [-0.2, -0.15) is 10.2 Å². The van der Waals surface area contributed by atoms with E-state index in [2.05, 4.69) is 10.2 Å². The molecule has 16 heavy (non-hydrogen) atoms. The third kappa shape index (κ3) is 1.43. The monoisotopic (exact) mass is 220 g/mol. The topological polar surface area (TPSA) is 52.7 Å². The highest BCUT2D eigenvalue weighted by atomic mass is 16.1. The Labute approximate surface area is 93.7 Å². The highest BCUT2D eigenvalue weighted by molar-refractivity contribution is 5.79. The van der Waals surface area contributed by atoms with Crippen molar-refractivity contribution in [2.24, 2.45) is 7.05 Å². The lowest BCUT2D eigenvalue weighted by atomic mass is 10.1. The minimum absolute atomic E-state index is 0.104. The molecule has 0 aliphatic heterocycles. The second-order valence-electron chi connectivity index (χ2n) is 5.00. The van der Waals surface area contributed by atoms with Crippen molar-refractivity contribution in [1.29, 1.82) is 0 Å². The zero-order chi connectivity index (χ0) is 12.1. The number of hydrogen-bond acceptors (Lipinski definition) is 3. The standard InChI is InChI=1S/C11H16N4O/c1-7-8-6-12-15(11(2,3)4)9(8)10(16)14(5)13-7/h6H,1-5H3. The van der Waals surface area contributed by atoms with Crippen LogP contribution in [0.5, 0.6) is 0 Å². The first-order valence-corrected chi connectivity index (χ1v) is 5.24. The van der Waals surface area contributed by atoms with Gasteiger partial charge in [-0.05, 0) is 27.7 Å². The fraction of sp³-hybridized carbons (Fsp3) is 0.545. The lowest BCUT2D eigenvalue weighted by Gasteiger charge is -2.20. The van der Waals surface area contributed by atoms with Crippen molar-refractivity contribution < 1.29 is 0 Å². The molecule has 2 rings (SSSR count). The Morgan fingerprint density at radius 2 is 1.94 bits per heavy atom. The van der Waals surface area contributed by atoms with Crippen LogP contribution in [0.25, 0.3) is 10.9 Å². The number of hydrogen-bond donors (Lipinski definition) is 0. The Bertz CT molecular complexity index is 601. The van der Waals surface area contributed by atoms with Crippen molar-refractivity contribution in [2.45, 2.75) is 33.2 Å². The van der Waals surface area contributed by atoms with Gasteiger partial charge in [0.15, 0.2) is 0 Å². The summed E-state index contributed by atoms with van der Waals surface area (Å²) in [7, 11) is 1.66. The zero-order valence-corrected chi connectivity index (χ0v) is 10.3. The lowest BCUT2D eigenvalue weighted by molar-refractivity contribution is 0.366.